The Bertz CT molecular complexity index is 1240. The van der Waals surface area contributed by atoms with Gasteiger partial charge in [0.05, 0.1) is 5.56 Å². The van der Waals surface area contributed by atoms with Crippen molar-refractivity contribution in [2.24, 2.45) is 5.41 Å². The first-order valence-corrected chi connectivity index (χ1v) is 11.7. The molecular formula is C24H30N8O2. The van der Waals surface area contributed by atoms with E-state index in [4.69, 9.17) is 15.6 Å². The zero-order chi connectivity index (χ0) is 23.9. The minimum absolute atomic E-state index is 0.198. The highest BCUT2D eigenvalue weighted by Crippen LogP contribution is 2.47. The van der Waals surface area contributed by atoms with E-state index in [9.17, 15) is 4.79 Å². The molecule has 1 aliphatic carbocycles. The Morgan fingerprint density at radius 2 is 1.85 bits per heavy atom. The van der Waals surface area contributed by atoms with Gasteiger partial charge < -0.3 is 15.4 Å². The van der Waals surface area contributed by atoms with Crippen LogP contribution in [0.1, 0.15) is 58.6 Å². The maximum Gasteiger partial charge on any atom is 0.410 e. The van der Waals surface area contributed by atoms with Gasteiger partial charge in [0.2, 0.25) is 0 Å². The molecule has 10 heteroatoms. The topological polar surface area (TPSA) is 124 Å². The van der Waals surface area contributed by atoms with Crippen LogP contribution in [0.4, 0.5) is 10.6 Å². The van der Waals surface area contributed by atoms with Gasteiger partial charge in [-0.05, 0) is 69.9 Å². The number of fused-ring (bicyclic) bond motifs is 1. The molecular weight excluding hydrogens is 432 g/mol. The summed E-state index contributed by atoms with van der Waals surface area (Å²) in [4.78, 5) is 27.3. The van der Waals surface area contributed by atoms with E-state index in [1.54, 1.807) is 18.5 Å². The predicted molar refractivity (Wildman–Crippen MR) is 128 cm³/mol. The summed E-state index contributed by atoms with van der Waals surface area (Å²) in [7, 11) is 0. The third-order valence-corrected chi connectivity index (χ3v) is 6.74. The van der Waals surface area contributed by atoms with Gasteiger partial charge in [0.25, 0.3) is 0 Å². The molecule has 34 heavy (non-hydrogen) atoms. The molecule has 3 aromatic heterocycles. The molecule has 2 aliphatic rings. The highest BCUT2D eigenvalue weighted by Gasteiger charge is 2.38. The summed E-state index contributed by atoms with van der Waals surface area (Å²) < 4.78 is 7.07. The summed E-state index contributed by atoms with van der Waals surface area (Å²) in [5.74, 6) is 0.902. The summed E-state index contributed by atoms with van der Waals surface area (Å²) in [6.07, 6.45) is 11.7. The van der Waals surface area contributed by atoms with Crippen LogP contribution < -0.4 is 5.73 Å². The molecule has 0 atom stereocenters. The maximum absolute atomic E-state index is 12.5. The fourth-order valence-corrected chi connectivity index (χ4v) is 4.89. The molecule has 3 aromatic rings. The molecule has 1 amide bonds. The standard InChI is InChI=1S/C24H30N8O2/c1-23(2,3)34-22(33)31-13-9-24(10-14-31)7-5-16(6-8-24)18-17(21-26-11-4-12-27-21)19-20(25)28-15-29-32(19)30-18/h4-5,11-12,15H,6-10,13-14H2,1-3H3,(H2,25,28,29). The summed E-state index contributed by atoms with van der Waals surface area (Å²) in [6, 6.07) is 1.78. The van der Waals surface area contributed by atoms with Gasteiger partial charge in [-0.15, -0.1) is 14.8 Å². The number of rotatable bonds is 2. The lowest BCUT2D eigenvalue weighted by Gasteiger charge is -2.43. The number of allylic oxidation sites excluding steroid dienone is 2. The number of carbonyl (C=O) groups is 1. The van der Waals surface area contributed by atoms with Crippen molar-refractivity contribution in [2.45, 2.75) is 58.5 Å². The fraction of sp³-hybridized carbons (Fsp3) is 0.500. The second-order valence-corrected chi connectivity index (χ2v) is 10.2. The van der Waals surface area contributed by atoms with E-state index in [0.717, 1.165) is 62.0 Å². The lowest BCUT2D eigenvalue weighted by atomic mass is 9.68. The van der Waals surface area contributed by atoms with Crippen molar-refractivity contribution < 1.29 is 9.53 Å². The zero-order valence-corrected chi connectivity index (χ0v) is 19.9. The number of hydrogen-bond acceptors (Lipinski definition) is 8. The van der Waals surface area contributed by atoms with Crippen LogP contribution in [-0.4, -0.2) is 59.5 Å². The van der Waals surface area contributed by atoms with Crippen LogP contribution in [0.25, 0.3) is 22.5 Å². The Kier molecular flexibility index (Phi) is 5.45. The zero-order valence-electron chi connectivity index (χ0n) is 19.9. The van der Waals surface area contributed by atoms with Crippen LogP contribution in [-0.2, 0) is 4.74 Å². The third kappa shape index (κ3) is 4.20. The smallest absolute Gasteiger partial charge is 0.410 e. The largest absolute Gasteiger partial charge is 0.444 e. The molecule has 5 rings (SSSR count). The minimum Gasteiger partial charge on any atom is -0.444 e. The van der Waals surface area contributed by atoms with Gasteiger partial charge in [0.15, 0.2) is 11.6 Å². The molecule has 10 nitrogen and oxygen atoms in total. The van der Waals surface area contributed by atoms with E-state index in [2.05, 4.69) is 26.1 Å². The van der Waals surface area contributed by atoms with Gasteiger partial charge >= 0.3 is 6.09 Å². The van der Waals surface area contributed by atoms with Crippen molar-refractivity contribution in [3.8, 4) is 11.4 Å². The van der Waals surface area contributed by atoms with Gasteiger partial charge in [-0.3, -0.25) is 0 Å². The molecule has 1 saturated heterocycles. The Morgan fingerprint density at radius 1 is 1.12 bits per heavy atom. The van der Waals surface area contributed by atoms with Crippen molar-refractivity contribution >= 4 is 23.0 Å². The van der Waals surface area contributed by atoms with Crippen LogP contribution in [0, 0.1) is 5.41 Å². The van der Waals surface area contributed by atoms with Crippen molar-refractivity contribution in [3.63, 3.8) is 0 Å². The second kappa shape index (κ2) is 8.34. The predicted octanol–water partition coefficient (Wildman–Crippen LogP) is 3.75. The number of anilines is 1. The number of likely N-dealkylation sites (tertiary alicyclic amines) is 1. The molecule has 178 valence electrons. The number of amides is 1. The SMILES string of the molecule is CC(C)(C)OC(=O)N1CCC2(CC=C(c3nn4ncnc(N)c4c3-c3ncccn3)CC2)CC1. The Morgan fingerprint density at radius 3 is 2.50 bits per heavy atom. The van der Waals surface area contributed by atoms with E-state index in [1.807, 2.05) is 25.7 Å². The van der Waals surface area contributed by atoms with E-state index in [-0.39, 0.29) is 11.5 Å². The average molecular weight is 463 g/mol. The summed E-state index contributed by atoms with van der Waals surface area (Å²) in [5, 5.41) is 9.00. The van der Waals surface area contributed by atoms with Gasteiger partial charge in [0, 0.05) is 25.5 Å². The van der Waals surface area contributed by atoms with Crippen LogP contribution in [0.2, 0.25) is 0 Å². The molecule has 1 aliphatic heterocycles. The van der Waals surface area contributed by atoms with Crippen molar-refractivity contribution in [1.29, 1.82) is 0 Å². The van der Waals surface area contributed by atoms with Crippen LogP contribution in [0.5, 0.6) is 0 Å². The minimum atomic E-state index is -0.475. The fourth-order valence-electron chi connectivity index (χ4n) is 4.89. The summed E-state index contributed by atoms with van der Waals surface area (Å²) in [5.41, 5.74) is 9.25. The van der Waals surface area contributed by atoms with E-state index >= 15 is 0 Å². The number of aromatic nitrogens is 6. The van der Waals surface area contributed by atoms with Gasteiger partial charge in [-0.2, -0.15) is 0 Å². The van der Waals surface area contributed by atoms with E-state index < -0.39 is 5.60 Å². The number of nitrogen functional groups attached to an aromatic ring is 1. The lowest BCUT2D eigenvalue weighted by Crippen LogP contribution is -2.45. The Labute approximate surface area is 198 Å². The molecule has 0 unspecified atom stereocenters. The molecule has 1 spiro atoms. The molecule has 0 radical (unpaired) electrons. The highest BCUT2D eigenvalue weighted by atomic mass is 16.6. The first-order chi connectivity index (χ1) is 16.2. The monoisotopic (exact) mass is 462 g/mol. The van der Waals surface area contributed by atoms with Gasteiger partial charge in [-0.25, -0.2) is 19.7 Å². The number of nitrogens with zero attached hydrogens (tertiary/aromatic N) is 7. The number of carbonyl (C=O) groups excluding carboxylic acids is 1. The third-order valence-electron chi connectivity index (χ3n) is 6.74. The van der Waals surface area contributed by atoms with Crippen molar-refractivity contribution in [2.75, 3.05) is 18.8 Å². The molecule has 0 saturated carbocycles. The van der Waals surface area contributed by atoms with Crippen LogP contribution >= 0.6 is 0 Å². The number of piperidine rings is 1. The van der Waals surface area contributed by atoms with Crippen LogP contribution in [0.15, 0.2) is 30.9 Å². The first kappa shape index (κ1) is 22.2. The first-order valence-electron chi connectivity index (χ1n) is 11.7. The Balaban J connectivity index is 1.39. The molecule has 2 N–H and O–H groups in total. The molecule has 4 heterocycles. The number of hydrogen-bond donors (Lipinski definition) is 1. The van der Waals surface area contributed by atoms with Crippen molar-refractivity contribution in [1.82, 2.24) is 34.7 Å². The van der Waals surface area contributed by atoms with Gasteiger partial charge in [0.1, 0.15) is 23.1 Å². The number of ether oxygens (including phenoxy) is 1. The van der Waals surface area contributed by atoms with Gasteiger partial charge in [-0.1, -0.05) is 6.08 Å². The Hall–Kier alpha value is -3.56. The number of nitrogens with two attached hydrogens (primary N) is 1. The quantitative estimate of drug-likeness (QED) is 0.610. The normalized spacial score (nSPS) is 18.2. The van der Waals surface area contributed by atoms with E-state index in [1.165, 1.54) is 11.0 Å². The van der Waals surface area contributed by atoms with Crippen molar-refractivity contribution in [3.05, 3.63) is 36.6 Å². The van der Waals surface area contributed by atoms with Crippen LogP contribution in [0.3, 0.4) is 0 Å². The highest BCUT2D eigenvalue weighted by molar-refractivity contribution is 5.92. The average Bonchev–Trinajstić information content (AvgIpc) is 3.20. The molecule has 0 bridgehead atoms. The maximum atomic E-state index is 12.5. The second-order valence-electron chi connectivity index (χ2n) is 10.2. The lowest BCUT2D eigenvalue weighted by molar-refractivity contribution is 0.00896. The van der Waals surface area contributed by atoms with E-state index in [0.29, 0.717) is 17.2 Å². The molecule has 1 fully saturated rings. The summed E-state index contributed by atoms with van der Waals surface area (Å²) >= 11 is 0. The summed E-state index contributed by atoms with van der Waals surface area (Å²) in [6.45, 7) is 7.15. The molecule has 0 aromatic carbocycles.